The van der Waals surface area contributed by atoms with E-state index in [1.165, 1.54) is 18.3 Å². The van der Waals surface area contributed by atoms with E-state index in [4.69, 9.17) is 5.11 Å². The van der Waals surface area contributed by atoms with Crippen LogP contribution in [0.25, 0.3) is 0 Å². The number of carbonyl (C=O) groups excluding carboxylic acids is 1. The molecule has 0 aliphatic rings. The van der Waals surface area contributed by atoms with Crippen molar-refractivity contribution in [1.29, 1.82) is 0 Å². The lowest BCUT2D eigenvalue weighted by atomic mass is 10.2. The van der Waals surface area contributed by atoms with Gasteiger partial charge in [0.05, 0.1) is 23.4 Å². The van der Waals surface area contributed by atoms with Gasteiger partial charge in [0, 0.05) is 18.3 Å². The Bertz CT molecular complexity index is 753. The zero-order valence-corrected chi connectivity index (χ0v) is 10.7. The van der Waals surface area contributed by atoms with Gasteiger partial charge in [0.1, 0.15) is 0 Å². The van der Waals surface area contributed by atoms with Crippen molar-refractivity contribution in [2.75, 3.05) is 0 Å². The van der Waals surface area contributed by atoms with Crippen LogP contribution in [-0.4, -0.2) is 32.1 Å². The van der Waals surface area contributed by atoms with Crippen LogP contribution in [0.3, 0.4) is 0 Å². The molecule has 0 unspecified atom stereocenters. The minimum Gasteiger partial charge on any atom is -0.494 e. The van der Waals surface area contributed by atoms with Gasteiger partial charge in [0.15, 0.2) is 5.88 Å². The molecular formula is C13H11N3O5. The van der Waals surface area contributed by atoms with Gasteiger partial charge in [-0.2, -0.15) is 0 Å². The average molecular weight is 289 g/mol. The van der Waals surface area contributed by atoms with Gasteiger partial charge in [-0.15, -0.1) is 0 Å². The highest BCUT2D eigenvalue weighted by atomic mass is 16.4. The molecule has 2 aromatic rings. The Morgan fingerprint density at radius 1 is 1.24 bits per heavy atom. The Balaban J connectivity index is 2.09. The second-order valence-electron chi connectivity index (χ2n) is 4.14. The fourth-order valence-electron chi connectivity index (χ4n) is 1.64. The number of H-pyrrole nitrogens is 1. The monoisotopic (exact) mass is 289 g/mol. The molecule has 8 heteroatoms. The number of nitrogens with zero attached hydrogens (tertiary/aromatic N) is 1. The highest BCUT2D eigenvalue weighted by Gasteiger charge is 2.09. The minimum absolute atomic E-state index is 0.00643. The Labute approximate surface area is 118 Å². The maximum atomic E-state index is 11.8. The number of nitrogens with one attached hydrogen (secondary N) is 2. The van der Waals surface area contributed by atoms with E-state index in [1.54, 1.807) is 0 Å². The highest BCUT2D eigenvalue weighted by molar-refractivity contribution is 5.94. The number of rotatable bonds is 4. The van der Waals surface area contributed by atoms with Gasteiger partial charge in [0.2, 0.25) is 0 Å². The van der Waals surface area contributed by atoms with Crippen molar-refractivity contribution in [3.05, 3.63) is 57.6 Å². The summed E-state index contributed by atoms with van der Waals surface area (Å²) in [7, 11) is 0. The Morgan fingerprint density at radius 2 is 2.00 bits per heavy atom. The Morgan fingerprint density at radius 3 is 2.67 bits per heavy atom. The zero-order chi connectivity index (χ0) is 15.4. The summed E-state index contributed by atoms with van der Waals surface area (Å²) >= 11 is 0. The minimum atomic E-state index is -1.09. The highest BCUT2D eigenvalue weighted by Crippen LogP contribution is 2.05. The lowest BCUT2D eigenvalue weighted by molar-refractivity contribution is 0.0696. The summed E-state index contributed by atoms with van der Waals surface area (Å²) in [6, 6.07) is 4.81. The van der Waals surface area contributed by atoms with Crippen LogP contribution in [0.2, 0.25) is 0 Å². The van der Waals surface area contributed by atoms with Crippen molar-refractivity contribution < 1.29 is 19.8 Å². The number of hydrogen-bond acceptors (Lipinski definition) is 5. The molecule has 0 fully saturated rings. The van der Waals surface area contributed by atoms with E-state index in [0.29, 0.717) is 5.69 Å². The van der Waals surface area contributed by atoms with Crippen molar-refractivity contribution in [3.63, 3.8) is 0 Å². The third-order valence-corrected chi connectivity index (χ3v) is 2.59. The van der Waals surface area contributed by atoms with E-state index in [0.717, 1.165) is 12.1 Å². The Hall–Kier alpha value is -3.16. The maximum Gasteiger partial charge on any atom is 0.335 e. The maximum absolute atomic E-state index is 11.8. The fourth-order valence-corrected chi connectivity index (χ4v) is 1.64. The molecule has 0 radical (unpaired) electrons. The van der Waals surface area contributed by atoms with Gasteiger partial charge in [0.25, 0.3) is 11.5 Å². The fraction of sp³-hybridized carbons (Fsp3) is 0.0769. The third-order valence-electron chi connectivity index (χ3n) is 2.59. The van der Waals surface area contributed by atoms with Gasteiger partial charge in [-0.05, 0) is 12.1 Å². The van der Waals surface area contributed by atoms with E-state index in [2.05, 4.69) is 15.3 Å². The van der Waals surface area contributed by atoms with Crippen LogP contribution >= 0.6 is 0 Å². The first-order chi connectivity index (χ1) is 9.95. The molecule has 0 atom stereocenters. The van der Waals surface area contributed by atoms with Gasteiger partial charge in [-0.1, -0.05) is 0 Å². The van der Waals surface area contributed by atoms with Gasteiger partial charge < -0.3 is 15.5 Å². The number of carbonyl (C=O) groups is 2. The standard InChI is InChI=1S/C13H11N3O5/c17-10-4-8(5-11(18)16-10)12(19)15-6-9-3-7(13(20)21)1-2-14-9/h1-5H,6H2,(H,15,19)(H,20,21)(H2,16,17,18). The predicted molar refractivity (Wildman–Crippen MR) is 71.1 cm³/mol. The Kier molecular flexibility index (Phi) is 3.98. The van der Waals surface area contributed by atoms with Crippen LogP contribution in [-0.2, 0) is 6.54 Å². The average Bonchev–Trinajstić information content (AvgIpc) is 2.44. The number of carboxylic acid groups (broad SMARTS) is 1. The van der Waals surface area contributed by atoms with Crippen molar-refractivity contribution in [1.82, 2.24) is 15.3 Å². The second-order valence-corrected chi connectivity index (χ2v) is 4.14. The molecule has 108 valence electrons. The normalized spacial score (nSPS) is 10.1. The summed E-state index contributed by atoms with van der Waals surface area (Å²) in [5.41, 5.74) is -0.197. The molecule has 0 spiro atoms. The summed E-state index contributed by atoms with van der Waals surface area (Å²) in [4.78, 5) is 39.8. The number of aromatic nitrogens is 2. The van der Waals surface area contributed by atoms with Gasteiger partial charge in [-0.25, -0.2) is 4.79 Å². The van der Waals surface area contributed by atoms with Crippen LogP contribution in [0.15, 0.2) is 35.3 Å². The first-order valence-corrected chi connectivity index (χ1v) is 5.85. The summed E-state index contributed by atoms with van der Waals surface area (Å²) in [6.45, 7) is -0.00643. The molecule has 2 heterocycles. The van der Waals surface area contributed by atoms with Gasteiger partial charge >= 0.3 is 5.97 Å². The molecule has 8 nitrogen and oxygen atoms in total. The van der Waals surface area contributed by atoms with Crippen LogP contribution in [0.4, 0.5) is 0 Å². The molecule has 21 heavy (non-hydrogen) atoms. The van der Waals surface area contributed by atoms with Crippen molar-refractivity contribution in [2.24, 2.45) is 0 Å². The molecule has 0 saturated carbocycles. The zero-order valence-electron chi connectivity index (χ0n) is 10.7. The first kappa shape index (κ1) is 14.3. The predicted octanol–water partition coefficient (Wildman–Crippen LogP) is 0.104. The summed E-state index contributed by atoms with van der Waals surface area (Å²) in [6.07, 6.45) is 1.32. The smallest absolute Gasteiger partial charge is 0.335 e. The first-order valence-electron chi connectivity index (χ1n) is 5.85. The molecule has 0 aromatic carbocycles. The summed E-state index contributed by atoms with van der Waals surface area (Å²) < 4.78 is 0. The van der Waals surface area contributed by atoms with Crippen molar-refractivity contribution in [2.45, 2.75) is 6.54 Å². The summed E-state index contributed by atoms with van der Waals surface area (Å²) in [5.74, 6) is -2.10. The molecule has 0 aliphatic heterocycles. The number of hydrogen-bond donors (Lipinski definition) is 4. The molecule has 0 saturated heterocycles. The van der Waals surface area contributed by atoms with E-state index in [-0.39, 0.29) is 17.7 Å². The van der Waals surface area contributed by atoms with Crippen LogP contribution in [0.1, 0.15) is 26.4 Å². The number of aromatic carboxylic acids is 1. The van der Waals surface area contributed by atoms with E-state index < -0.39 is 23.3 Å². The van der Waals surface area contributed by atoms with Crippen LogP contribution in [0, 0.1) is 0 Å². The van der Waals surface area contributed by atoms with Crippen molar-refractivity contribution >= 4 is 11.9 Å². The quantitative estimate of drug-likeness (QED) is 0.631. The lowest BCUT2D eigenvalue weighted by Gasteiger charge is -2.05. The SMILES string of the molecule is O=C(O)c1ccnc(CNC(=O)c2cc(O)[nH]c(=O)c2)c1. The summed E-state index contributed by atoms with van der Waals surface area (Å²) in [5, 5.41) is 20.5. The molecule has 2 aromatic heterocycles. The lowest BCUT2D eigenvalue weighted by Crippen LogP contribution is -2.24. The van der Waals surface area contributed by atoms with E-state index in [1.807, 2.05) is 0 Å². The van der Waals surface area contributed by atoms with E-state index >= 15 is 0 Å². The number of amides is 1. The third kappa shape index (κ3) is 3.66. The molecular weight excluding hydrogens is 278 g/mol. The molecule has 0 bridgehead atoms. The van der Waals surface area contributed by atoms with Crippen LogP contribution in [0.5, 0.6) is 5.88 Å². The molecule has 1 amide bonds. The number of aromatic hydroxyl groups is 1. The van der Waals surface area contributed by atoms with Crippen molar-refractivity contribution in [3.8, 4) is 5.88 Å². The molecule has 4 N–H and O–H groups in total. The van der Waals surface area contributed by atoms with Gasteiger partial charge in [-0.3, -0.25) is 19.6 Å². The molecule has 0 aliphatic carbocycles. The van der Waals surface area contributed by atoms with Crippen LogP contribution < -0.4 is 10.9 Å². The number of carboxylic acids is 1. The number of pyridine rings is 2. The topological polar surface area (TPSA) is 132 Å². The molecule has 2 rings (SSSR count). The largest absolute Gasteiger partial charge is 0.494 e. The number of aromatic amines is 1. The van der Waals surface area contributed by atoms with E-state index in [9.17, 15) is 19.5 Å². The second kappa shape index (κ2) is 5.87.